The van der Waals surface area contributed by atoms with E-state index in [2.05, 4.69) is 10.1 Å². The van der Waals surface area contributed by atoms with Gasteiger partial charge >= 0.3 is 5.97 Å². The van der Waals surface area contributed by atoms with Crippen LogP contribution in [-0.4, -0.2) is 16.1 Å². The van der Waals surface area contributed by atoms with E-state index in [4.69, 9.17) is 13.7 Å². The quantitative estimate of drug-likeness (QED) is 0.469. The van der Waals surface area contributed by atoms with E-state index in [1.807, 2.05) is 24.4 Å². The third-order valence-electron chi connectivity index (χ3n) is 3.40. The highest BCUT2D eigenvalue weighted by Crippen LogP contribution is 2.29. The van der Waals surface area contributed by atoms with Gasteiger partial charge < -0.3 is 13.7 Å². The highest BCUT2D eigenvalue weighted by atomic mass is 32.1. The molecule has 126 valence electrons. The number of esters is 1. The lowest BCUT2D eigenvalue weighted by molar-refractivity contribution is 0.0457. The lowest BCUT2D eigenvalue weighted by Crippen LogP contribution is -2.07. The molecule has 4 heterocycles. The maximum absolute atomic E-state index is 12.3. The summed E-state index contributed by atoms with van der Waals surface area (Å²) in [4.78, 5) is 18.4. The first-order valence-electron chi connectivity index (χ1n) is 7.38. The third kappa shape index (κ3) is 3.26. The van der Waals surface area contributed by atoms with Crippen LogP contribution in [0, 0.1) is 6.92 Å². The minimum atomic E-state index is -0.493. The Bertz CT molecular complexity index is 984. The minimum Gasteiger partial charge on any atom is -0.462 e. The van der Waals surface area contributed by atoms with E-state index in [1.165, 1.54) is 11.3 Å². The van der Waals surface area contributed by atoms with Gasteiger partial charge in [0.25, 0.3) is 0 Å². The van der Waals surface area contributed by atoms with Crippen LogP contribution < -0.4 is 0 Å². The Morgan fingerprint density at radius 2 is 2.20 bits per heavy atom. The average Bonchev–Trinajstić information content (AvgIpc) is 3.38. The number of carbonyl (C=O) groups is 1. The molecule has 0 atom stereocenters. The largest absolute Gasteiger partial charge is 0.462 e. The number of ether oxygens (including phenoxy) is 1. The van der Waals surface area contributed by atoms with Gasteiger partial charge in [0.1, 0.15) is 12.3 Å². The molecule has 4 aromatic heterocycles. The van der Waals surface area contributed by atoms with Crippen LogP contribution in [0.15, 0.2) is 50.9 Å². The molecule has 8 heteroatoms. The monoisotopic (exact) mass is 372 g/mol. The molecular weight excluding hydrogens is 360 g/mol. The molecule has 0 saturated heterocycles. The number of hydrogen-bond donors (Lipinski definition) is 0. The number of aromatic nitrogens is 2. The smallest absolute Gasteiger partial charge is 0.358 e. The van der Waals surface area contributed by atoms with Gasteiger partial charge in [-0.3, -0.25) is 0 Å². The van der Waals surface area contributed by atoms with E-state index in [0.29, 0.717) is 27.9 Å². The summed E-state index contributed by atoms with van der Waals surface area (Å²) in [5, 5.41) is 6.53. The average molecular weight is 372 g/mol. The number of carbonyl (C=O) groups excluding carboxylic acids is 1. The molecule has 0 fully saturated rings. The van der Waals surface area contributed by atoms with Crippen molar-refractivity contribution in [2.75, 3.05) is 0 Å². The van der Waals surface area contributed by atoms with Gasteiger partial charge in [-0.15, -0.1) is 22.7 Å². The highest BCUT2D eigenvalue weighted by molar-refractivity contribution is 7.15. The van der Waals surface area contributed by atoms with Crippen molar-refractivity contribution in [3.8, 4) is 21.4 Å². The Morgan fingerprint density at radius 1 is 1.28 bits per heavy atom. The number of rotatable bonds is 5. The molecule has 0 aliphatic carbocycles. The normalized spacial score (nSPS) is 10.9. The maximum atomic E-state index is 12.3. The number of hydrogen-bond acceptors (Lipinski definition) is 8. The zero-order valence-electron chi connectivity index (χ0n) is 13.1. The highest BCUT2D eigenvalue weighted by Gasteiger charge is 2.19. The minimum absolute atomic E-state index is 0.0285. The standard InChI is InChI=1S/C17H12N2O4S2/c1-10-15(18-16(25-10)12-4-2-6-21-12)17(20)22-9-11-8-13(23-19-11)14-5-3-7-24-14/h2-8H,9H2,1H3. The Balaban J connectivity index is 1.44. The summed E-state index contributed by atoms with van der Waals surface area (Å²) >= 11 is 2.94. The lowest BCUT2D eigenvalue weighted by Gasteiger charge is -2.00. The summed E-state index contributed by atoms with van der Waals surface area (Å²) in [7, 11) is 0. The van der Waals surface area contributed by atoms with Crippen molar-refractivity contribution < 1.29 is 18.5 Å². The fraction of sp³-hybridized carbons (Fsp3) is 0.118. The first-order chi connectivity index (χ1) is 12.2. The van der Waals surface area contributed by atoms with Crippen LogP contribution in [-0.2, 0) is 11.3 Å². The third-order valence-corrected chi connectivity index (χ3v) is 5.27. The summed E-state index contributed by atoms with van der Waals surface area (Å²) in [6.45, 7) is 1.85. The van der Waals surface area contributed by atoms with Gasteiger partial charge in [0.05, 0.1) is 11.1 Å². The molecule has 0 N–H and O–H groups in total. The van der Waals surface area contributed by atoms with Gasteiger partial charge in [0.2, 0.25) is 0 Å². The van der Waals surface area contributed by atoms with Gasteiger partial charge in [-0.1, -0.05) is 11.2 Å². The zero-order valence-corrected chi connectivity index (χ0v) is 14.7. The molecule has 4 rings (SSSR count). The predicted octanol–water partition coefficient (Wildman–Crippen LogP) is 4.79. The zero-order chi connectivity index (χ0) is 17.2. The Labute approximate surface area is 150 Å². The molecule has 0 aliphatic rings. The topological polar surface area (TPSA) is 78.4 Å². The second-order valence-corrected chi connectivity index (χ2v) is 7.29. The molecule has 0 aromatic carbocycles. The summed E-state index contributed by atoms with van der Waals surface area (Å²) in [6, 6.07) is 9.22. The summed E-state index contributed by atoms with van der Waals surface area (Å²) in [5.41, 5.74) is 0.842. The summed E-state index contributed by atoms with van der Waals surface area (Å²) in [5.74, 6) is 0.794. The molecule has 25 heavy (non-hydrogen) atoms. The van der Waals surface area contributed by atoms with Crippen molar-refractivity contribution in [2.45, 2.75) is 13.5 Å². The van der Waals surface area contributed by atoms with Crippen LogP contribution in [0.2, 0.25) is 0 Å². The summed E-state index contributed by atoms with van der Waals surface area (Å²) < 4.78 is 15.9. The molecule has 0 unspecified atom stereocenters. The maximum Gasteiger partial charge on any atom is 0.358 e. The van der Waals surface area contributed by atoms with Crippen LogP contribution in [0.4, 0.5) is 0 Å². The first kappa shape index (κ1) is 15.8. The summed E-state index contributed by atoms with van der Waals surface area (Å²) in [6.07, 6.45) is 1.57. The molecule has 0 spiro atoms. The van der Waals surface area contributed by atoms with Crippen LogP contribution in [0.1, 0.15) is 21.1 Å². The molecular formula is C17H12N2O4S2. The van der Waals surface area contributed by atoms with Gasteiger partial charge in [-0.25, -0.2) is 9.78 Å². The van der Waals surface area contributed by atoms with E-state index in [9.17, 15) is 4.79 Å². The van der Waals surface area contributed by atoms with E-state index >= 15 is 0 Å². The first-order valence-corrected chi connectivity index (χ1v) is 9.08. The number of furan rings is 1. The molecule has 4 aromatic rings. The second kappa shape index (κ2) is 6.66. The number of nitrogens with zero attached hydrogens (tertiary/aromatic N) is 2. The number of thiazole rings is 1. The van der Waals surface area contributed by atoms with Gasteiger partial charge in [-0.2, -0.15) is 0 Å². The number of aryl methyl sites for hydroxylation is 1. The van der Waals surface area contributed by atoms with Gasteiger partial charge in [-0.05, 0) is 30.5 Å². The second-order valence-electron chi connectivity index (χ2n) is 5.14. The Kier molecular flexibility index (Phi) is 4.21. The molecule has 0 bridgehead atoms. The van der Waals surface area contributed by atoms with Crippen LogP contribution in [0.3, 0.4) is 0 Å². The van der Waals surface area contributed by atoms with Crippen molar-refractivity contribution >= 4 is 28.6 Å². The SMILES string of the molecule is Cc1sc(-c2ccco2)nc1C(=O)OCc1cc(-c2cccs2)on1. The fourth-order valence-corrected chi connectivity index (χ4v) is 3.76. The molecule has 0 aliphatic heterocycles. The molecule has 0 amide bonds. The van der Waals surface area contributed by atoms with Crippen molar-refractivity contribution in [3.05, 3.63) is 58.2 Å². The van der Waals surface area contributed by atoms with E-state index in [0.717, 1.165) is 9.75 Å². The van der Waals surface area contributed by atoms with Gasteiger partial charge in [0, 0.05) is 10.9 Å². The van der Waals surface area contributed by atoms with E-state index in [1.54, 1.807) is 35.8 Å². The van der Waals surface area contributed by atoms with E-state index < -0.39 is 5.97 Å². The van der Waals surface area contributed by atoms with Crippen molar-refractivity contribution in [2.24, 2.45) is 0 Å². The van der Waals surface area contributed by atoms with Crippen molar-refractivity contribution in [3.63, 3.8) is 0 Å². The van der Waals surface area contributed by atoms with Crippen LogP contribution in [0.5, 0.6) is 0 Å². The van der Waals surface area contributed by atoms with Gasteiger partial charge in [0.15, 0.2) is 22.2 Å². The fourth-order valence-electron chi connectivity index (χ4n) is 2.21. The predicted molar refractivity (Wildman–Crippen MR) is 93.5 cm³/mol. The Morgan fingerprint density at radius 3 is 2.96 bits per heavy atom. The molecule has 6 nitrogen and oxygen atoms in total. The van der Waals surface area contributed by atoms with Crippen molar-refractivity contribution in [1.82, 2.24) is 10.1 Å². The lowest BCUT2D eigenvalue weighted by atomic mass is 10.3. The Hall–Kier alpha value is -2.71. The van der Waals surface area contributed by atoms with Crippen LogP contribution >= 0.6 is 22.7 Å². The van der Waals surface area contributed by atoms with Crippen LogP contribution in [0.25, 0.3) is 21.4 Å². The van der Waals surface area contributed by atoms with E-state index in [-0.39, 0.29) is 6.61 Å². The van der Waals surface area contributed by atoms with Crippen molar-refractivity contribution in [1.29, 1.82) is 0 Å². The number of thiophene rings is 1. The molecule has 0 saturated carbocycles. The molecule has 0 radical (unpaired) electrons.